The zero-order valence-electron chi connectivity index (χ0n) is 28.7. The Balaban J connectivity index is 1.23. The minimum absolute atomic E-state index is 0.0876. The highest BCUT2D eigenvalue weighted by molar-refractivity contribution is 5.94. The smallest absolute Gasteiger partial charge is 0.243 e. The van der Waals surface area contributed by atoms with Crippen molar-refractivity contribution in [1.29, 1.82) is 0 Å². The number of carbonyl (C=O) groups excluding carboxylic acids is 3. The summed E-state index contributed by atoms with van der Waals surface area (Å²) in [5, 5.41) is 13.4. The molecule has 1 saturated heterocycles. The average Bonchev–Trinajstić information content (AvgIpc) is 3.77. The summed E-state index contributed by atoms with van der Waals surface area (Å²) in [5.41, 5.74) is 1.41. The number of benzene rings is 2. The summed E-state index contributed by atoms with van der Waals surface area (Å²) >= 11 is 0. The Labute approximate surface area is 285 Å². The largest absolute Gasteiger partial charge is 0.359 e. The van der Waals surface area contributed by atoms with Crippen molar-refractivity contribution in [2.45, 2.75) is 133 Å². The quantitative estimate of drug-likeness (QED) is 0.218. The van der Waals surface area contributed by atoms with Crippen LogP contribution in [0.3, 0.4) is 0 Å². The Morgan fingerprint density at radius 1 is 0.896 bits per heavy atom. The van der Waals surface area contributed by atoms with Crippen LogP contribution in [0, 0.1) is 17.7 Å². The van der Waals surface area contributed by atoms with Crippen LogP contribution in [0.4, 0.5) is 15.8 Å². The molecule has 3 amide bonds. The van der Waals surface area contributed by atoms with Crippen molar-refractivity contribution >= 4 is 29.1 Å². The number of anilines is 2. The van der Waals surface area contributed by atoms with Crippen molar-refractivity contribution < 1.29 is 18.8 Å². The molecule has 6 rings (SSSR count). The van der Waals surface area contributed by atoms with E-state index < -0.39 is 17.7 Å². The highest BCUT2D eigenvalue weighted by Gasteiger charge is 2.50. The fourth-order valence-electron chi connectivity index (χ4n) is 8.59. The lowest BCUT2D eigenvalue weighted by Crippen LogP contribution is -2.64. The van der Waals surface area contributed by atoms with Gasteiger partial charge >= 0.3 is 0 Å². The zero-order chi connectivity index (χ0) is 33.7. The Morgan fingerprint density at radius 2 is 1.60 bits per heavy atom. The number of piperidine rings is 1. The second-order valence-electron chi connectivity index (χ2n) is 14.7. The third kappa shape index (κ3) is 7.50. The van der Waals surface area contributed by atoms with Crippen molar-refractivity contribution in [3.05, 3.63) is 59.9 Å². The second-order valence-corrected chi connectivity index (χ2v) is 14.7. The van der Waals surface area contributed by atoms with Crippen LogP contribution >= 0.6 is 0 Å². The molecule has 2 saturated carbocycles. The number of hydrogen-bond donors (Lipinski definition) is 4. The van der Waals surface area contributed by atoms with Crippen LogP contribution in [-0.2, 0) is 14.4 Å². The topological polar surface area (TPSA) is 103 Å². The predicted octanol–water partition coefficient (Wildman–Crippen LogP) is 7.08. The van der Waals surface area contributed by atoms with Crippen molar-refractivity contribution in [2.24, 2.45) is 11.8 Å². The molecule has 0 spiro atoms. The maximum absolute atomic E-state index is 15.1. The van der Waals surface area contributed by atoms with E-state index >= 15 is 4.39 Å². The highest BCUT2D eigenvalue weighted by Crippen LogP contribution is 2.48. The second kappa shape index (κ2) is 15.3. The van der Waals surface area contributed by atoms with Gasteiger partial charge < -0.3 is 26.2 Å². The monoisotopic (exact) mass is 659 g/mol. The summed E-state index contributed by atoms with van der Waals surface area (Å²) in [6.45, 7) is 4.73. The normalized spacial score (nSPS) is 27.1. The van der Waals surface area contributed by atoms with Gasteiger partial charge in [0.05, 0.1) is 23.8 Å². The van der Waals surface area contributed by atoms with Gasteiger partial charge in [-0.05, 0) is 75.5 Å². The first-order chi connectivity index (χ1) is 23.3. The summed E-state index contributed by atoms with van der Waals surface area (Å²) in [4.78, 5) is 43.7. The molecule has 2 aromatic carbocycles. The van der Waals surface area contributed by atoms with Crippen LogP contribution in [0.15, 0.2) is 48.5 Å². The molecule has 4 aliphatic rings. The van der Waals surface area contributed by atoms with Crippen LogP contribution in [0.5, 0.6) is 0 Å². The maximum Gasteiger partial charge on any atom is 0.243 e. The van der Waals surface area contributed by atoms with Crippen LogP contribution < -0.4 is 21.3 Å². The average molecular weight is 660 g/mol. The number of nitrogens with zero attached hydrogens (tertiary/aromatic N) is 1. The van der Waals surface area contributed by atoms with Gasteiger partial charge in [-0.3, -0.25) is 14.4 Å². The summed E-state index contributed by atoms with van der Waals surface area (Å²) in [6.07, 6.45) is 13.3. The number of fused-ring (bicyclic) bond motifs is 1. The molecule has 0 bridgehead atoms. The van der Waals surface area contributed by atoms with Gasteiger partial charge in [0, 0.05) is 24.4 Å². The van der Waals surface area contributed by atoms with E-state index in [0.717, 1.165) is 76.2 Å². The van der Waals surface area contributed by atoms with Gasteiger partial charge in [-0.25, -0.2) is 4.39 Å². The van der Waals surface area contributed by atoms with Gasteiger partial charge in [0.25, 0.3) is 0 Å². The highest BCUT2D eigenvalue weighted by atomic mass is 19.1. The van der Waals surface area contributed by atoms with E-state index in [0.29, 0.717) is 17.9 Å². The summed E-state index contributed by atoms with van der Waals surface area (Å²) in [6, 6.07) is 13.7. The lowest BCUT2D eigenvalue weighted by Gasteiger charge is -2.44. The molecule has 2 heterocycles. The number of likely N-dealkylation sites (tertiary alicyclic amines) is 1. The number of rotatable bonds is 10. The lowest BCUT2D eigenvalue weighted by molar-refractivity contribution is -0.139. The molecule has 3 fully saturated rings. The molecule has 2 aromatic rings. The summed E-state index contributed by atoms with van der Waals surface area (Å²) < 4.78 is 15.1. The minimum atomic E-state index is -1.01. The third-order valence-corrected chi connectivity index (χ3v) is 11.5. The molecule has 260 valence electrons. The molecule has 6 atom stereocenters. The van der Waals surface area contributed by atoms with E-state index in [-0.39, 0.29) is 53.8 Å². The van der Waals surface area contributed by atoms with Gasteiger partial charge in [-0.15, -0.1) is 0 Å². The van der Waals surface area contributed by atoms with Crippen molar-refractivity contribution in [3.63, 3.8) is 0 Å². The molecule has 48 heavy (non-hydrogen) atoms. The van der Waals surface area contributed by atoms with Gasteiger partial charge in [-0.2, -0.15) is 0 Å². The zero-order valence-corrected chi connectivity index (χ0v) is 28.7. The minimum Gasteiger partial charge on any atom is -0.359 e. The Bertz CT molecular complexity index is 1430. The van der Waals surface area contributed by atoms with Crippen molar-refractivity contribution in [2.75, 3.05) is 17.2 Å². The maximum atomic E-state index is 15.1. The number of para-hydroxylation sites is 1. The number of hydrogen-bond acceptors (Lipinski definition) is 5. The molecule has 0 radical (unpaired) electrons. The van der Waals surface area contributed by atoms with Gasteiger partial charge in [0.1, 0.15) is 17.5 Å². The first-order valence-corrected chi connectivity index (χ1v) is 18.6. The number of amides is 3. The van der Waals surface area contributed by atoms with E-state index in [1.807, 2.05) is 48.2 Å². The Morgan fingerprint density at radius 3 is 2.31 bits per heavy atom. The van der Waals surface area contributed by atoms with Crippen LogP contribution in [-0.4, -0.2) is 53.0 Å². The number of nitrogens with one attached hydrogen (secondary N) is 4. The molecule has 2 aliphatic carbocycles. The number of halogens is 1. The Kier molecular flexibility index (Phi) is 10.9. The van der Waals surface area contributed by atoms with Crippen LogP contribution in [0.25, 0.3) is 0 Å². The molecule has 8 nitrogen and oxygen atoms in total. The number of carbonyl (C=O) groups is 3. The SMILES string of the molecule is CC[C@H]1CCCCN1C(=O)C[C@H](NC(=O)[C@@H]1C[C@H]1c1ccccc1)C(=O)N[C@@H](C)C1(C2CCCCCCCC2)Nc2cccc(F)c2N1. The van der Waals surface area contributed by atoms with E-state index in [9.17, 15) is 14.4 Å². The molecule has 1 unspecified atom stereocenters. The van der Waals surface area contributed by atoms with Crippen molar-refractivity contribution in [3.8, 4) is 0 Å². The van der Waals surface area contributed by atoms with Gasteiger partial charge in [0.15, 0.2) is 0 Å². The van der Waals surface area contributed by atoms with E-state index in [1.54, 1.807) is 6.07 Å². The fourth-order valence-corrected chi connectivity index (χ4v) is 8.59. The molecular weight excluding hydrogens is 605 g/mol. The first-order valence-electron chi connectivity index (χ1n) is 18.6. The van der Waals surface area contributed by atoms with Crippen LogP contribution in [0.1, 0.15) is 115 Å². The standard InChI is InChI=1S/C39H54FN5O3/c1-3-29-20-13-14-23-45(29)35(46)25-34(42-37(47)31-24-30(31)27-16-9-8-10-17-27)38(48)41-26(2)39(28-18-11-6-4-5-7-12-19-28)43-33-22-15-21-32(40)36(33)44-39/h8-10,15-17,21-22,26,28-31,34,43-44H,3-7,11-14,18-20,23-25H2,1-2H3,(H,41,48)(H,42,47)/t26-,29-,30-,31+,34-,39?/m0/s1. The van der Waals surface area contributed by atoms with Gasteiger partial charge in [-0.1, -0.05) is 81.8 Å². The molecule has 0 aromatic heterocycles. The van der Waals surface area contributed by atoms with E-state index in [4.69, 9.17) is 0 Å². The third-order valence-electron chi connectivity index (χ3n) is 11.5. The molecular formula is C39H54FN5O3. The van der Waals surface area contributed by atoms with E-state index in [2.05, 4.69) is 28.2 Å². The molecule has 4 N–H and O–H groups in total. The first kappa shape index (κ1) is 34.3. The Hall–Kier alpha value is -3.62. The summed E-state index contributed by atoms with van der Waals surface area (Å²) in [7, 11) is 0. The van der Waals surface area contributed by atoms with Gasteiger partial charge in [0.2, 0.25) is 17.7 Å². The fraction of sp³-hybridized carbons (Fsp3) is 0.615. The molecule has 9 heteroatoms. The van der Waals surface area contributed by atoms with Crippen molar-refractivity contribution in [1.82, 2.24) is 15.5 Å². The van der Waals surface area contributed by atoms with E-state index in [1.165, 1.54) is 18.9 Å². The predicted molar refractivity (Wildman–Crippen MR) is 188 cm³/mol. The molecule has 2 aliphatic heterocycles. The lowest BCUT2D eigenvalue weighted by atomic mass is 9.80. The van der Waals surface area contributed by atoms with Crippen LogP contribution in [0.2, 0.25) is 0 Å². The summed E-state index contributed by atoms with van der Waals surface area (Å²) in [5.74, 6) is -0.978.